The van der Waals surface area contributed by atoms with Gasteiger partial charge in [-0.1, -0.05) is 30.3 Å². The molecule has 0 bridgehead atoms. The van der Waals surface area contributed by atoms with Crippen molar-refractivity contribution in [3.05, 3.63) is 54.1 Å². The fourth-order valence-electron chi connectivity index (χ4n) is 1.98. The Labute approximate surface area is 111 Å². The molecule has 0 unspecified atom stereocenters. The maximum atomic E-state index is 5.71. The third kappa shape index (κ3) is 2.68. The molecule has 3 aromatic rings. The van der Waals surface area contributed by atoms with E-state index >= 15 is 0 Å². The lowest BCUT2D eigenvalue weighted by atomic mass is 10.1. The lowest BCUT2D eigenvalue weighted by molar-refractivity contribution is 0.614. The lowest BCUT2D eigenvalue weighted by Gasteiger charge is -2.01. The van der Waals surface area contributed by atoms with E-state index in [1.54, 1.807) is 12.1 Å². The number of anilines is 2. The minimum absolute atomic E-state index is 0.538. The van der Waals surface area contributed by atoms with Crippen LogP contribution in [-0.2, 0) is 6.42 Å². The second kappa shape index (κ2) is 5.02. The molecule has 3 N–H and O–H groups in total. The van der Waals surface area contributed by atoms with Crippen molar-refractivity contribution in [2.75, 3.05) is 17.6 Å². The van der Waals surface area contributed by atoms with Crippen LogP contribution in [0.1, 0.15) is 5.56 Å². The van der Waals surface area contributed by atoms with Gasteiger partial charge in [0.15, 0.2) is 5.58 Å². The SMILES string of the molecule is Nc1ccc2oc(NCCc3ccccc3)nc2c1. The molecule has 0 aliphatic rings. The fraction of sp³-hybridized carbons (Fsp3) is 0.133. The number of nitrogens with two attached hydrogens (primary N) is 1. The van der Waals surface area contributed by atoms with E-state index < -0.39 is 0 Å². The summed E-state index contributed by atoms with van der Waals surface area (Å²) in [6.45, 7) is 0.784. The zero-order valence-electron chi connectivity index (χ0n) is 10.5. The second-order valence-corrected chi connectivity index (χ2v) is 4.41. The standard InChI is InChI=1S/C15H15N3O/c16-12-6-7-14-13(10-12)18-15(19-14)17-9-8-11-4-2-1-3-5-11/h1-7,10H,8-9,16H2,(H,17,18). The number of nitrogens with zero attached hydrogens (tertiary/aromatic N) is 1. The van der Waals surface area contributed by atoms with E-state index in [-0.39, 0.29) is 0 Å². The number of hydrogen-bond donors (Lipinski definition) is 2. The highest BCUT2D eigenvalue weighted by Crippen LogP contribution is 2.20. The topological polar surface area (TPSA) is 64.1 Å². The summed E-state index contributed by atoms with van der Waals surface area (Å²) in [6, 6.07) is 16.3. The summed E-state index contributed by atoms with van der Waals surface area (Å²) in [6.07, 6.45) is 0.932. The van der Waals surface area contributed by atoms with Crippen LogP contribution in [-0.4, -0.2) is 11.5 Å². The number of oxazole rings is 1. The Morgan fingerprint density at radius 1 is 1.11 bits per heavy atom. The first-order chi connectivity index (χ1) is 9.31. The van der Waals surface area contributed by atoms with Gasteiger partial charge < -0.3 is 15.5 Å². The van der Waals surface area contributed by atoms with E-state index in [4.69, 9.17) is 10.2 Å². The third-order valence-electron chi connectivity index (χ3n) is 2.94. The van der Waals surface area contributed by atoms with Crippen LogP contribution in [0.5, 0.6) is 0 Å². The van der Waals surface area contributed by atoms with Gasteiger partial charge in [0.1, 0.15) is 5.52 Å². The average Bonchev–Trinajstić information content (AvgIpc) is 2.82. The van der Waals surface area contributed by atoms with Gasteiger partial charge in [0.05, 0.1) is 0 Å². The molecule has 0 saturated heterocycles. The Morgan fingerprint density at radius 2 is 1.95 bits per heavy atom. The van der Waals surface area contributed by atoms with Crippen molar-refractivity contribution < 1.29 is 4.42 Å². The zero-order chi connectivity index (χ0) is 13.1. The molecule has 0 saturated carbocycles. The molecular weight excluding hydrogens is 238 g/mol. The number of nitrogens with one attached hydrogen (secondary N) is 1. The Bertz CT molecular complexity index is 676. The Morgan fingerprint density at radius 3 is 2.79 bits per heavy atom. The summed E-state index contributed by atoms with van der Waals surface area (Å²) >= 11 is 0. The molecule has 3 rings (SSSR count). The van der Waals surface area contributed by atoms with E-state index in [9.17, 15) is 0 Å². The molecule has 4 nitrogen and oxygen atoms in total. The van der Waals surface area contributed by atoms with Gasteiger partial charge in [-0.2, -0.15) is 4.98 Å². The average molecular weight is 253 g/mol. The van der Waals surface area contributed by atoms with Crippen LogP contribution < -0.4 is 11.1 Å². The van der Waals surface area contributed by atoms with Crippen LogP contribution in [0, 0.1) is 0 Å². The van der Waals surface area contributed by atoms with Crippen molar-refractivity contribution in [2.45, 2.75) is 6.42 Å². The Balaban J connectivity index is 1.65. The van der Waals surface area contributed by atoms with Crippen molar-refractivity contribution in [2.24, 2.45) is 0 Å². The maximum Gasteiger partial charge on any atom is 0.295 e. The zero-order valence-corrected chi connectivity index (χ0v) is 10.5. The largest absolute Gasteiger partial charge is 0.424 e. The molecule has 0 atom stereocenters. The summed E-state index contributed by atoms with van der Waals surface area (Å²) in [5.41, 5.74) is 9.21. The Kier molecular flexibility index (Phi) is 3.06. The monoisotopic (exact) mass is 253 g/mol. The number of hydrogen-bond acceptors (Lipinski definition) is 4. The number of fused-ring (bicyclic) bond motifs is 1. The van der Waals surface area contributed by atoms with E-state index in [1.807, 2.05) is 24.3 Å². The molecule has 0 amide bonds. The Hall–Kier alpha value is -2.49. The van der Waals surface area contributed by atoms with Crippen LogP contribution in [0.25, 0.3) is 11.1 Å². The number of aromatic nitrogens is 1. The predicted molar refractivity (Wildman–Crippen MR) is 77.1 cm³/mol. The van der Waals surface area contributed by atoms with Crippen molar-refractivity contribution in [3.8, 4) is 0 Å². The normalized spacial score (nSPS) is 10.7. The molecule has 1 heterocycles. The highest BCUT2D eigenvalue weighted by atomic mass is 16.4. The summed E-state index contributed by atoms with van der Waals surface area (Å²) in [4.78, 5) is 4.35. The summed E-state index contributed by atoms with van der Waals surface area (Å²) in [5, 5.41) is 3.18. The van der Waals surface area contributed by atoms with Gasteiger partial charge in [0, 0.05) is 12.2 Å². The van der Waals surface area contributed by atoms with E-state index in [0.29, 0.717) is 11.7 Å². The van der Waals surface area contributed by atoms with Gasteiger partial charge in [-0.05, 0) is 30.2 Å². The van der Waals surface area contributed by atoms with E-state index in [2.05, 4.69) is 22.4 Å². The smallest absolute Gasteiger partial charge is 0.295 e. The highest BCUT2D eigenvalue weighted by Gasteiger charge is 2.04. The quantitative estimate of drug-likeness (QED) is 0.701. The maximum absolute atomic E-state index is 5.71. The van der Waals surface area contributed by atoms with Gasteiger partial charge in [-0.15, -0.1) is 0 Å². The number of rotatable bonds is 4. The molecular formula is C15H15N3O. The predicted octanol–water partition coefficient (Wildman–Crippen LogP) is 3.06. The molecule has 2 aromatic carbocycles. The molecule has 0 fully saturated rings. The minimum atomic E-state index is 0.538. The van der Waals surface area contributed by atoms with Gasteiger partial charge >= 0.3 is 0 Å². The van der Waals surface area contributed by atoms with Gasteiger partial charge in [-0.3, -0.25) is 0 Å². The van der Waals surface area contributed by atoms with Gasteiger partial charge in [0.2, 0.25) is 0 Å². The van der Waals surface area contributed by atoms with Crippen molar-refractivity contribution in [3.63, 3.8) is 0 Å². The lowest BCUT2D eigenvalue weighted by Crippen LogP contribution is -2.04. The molecule has 0 aliphatic heterocycles. The van der Waals surface area contributed by atoms with Crippen LogP contribution in [0.4, 0.5) is 11.7 Å². The third-order valence-corrected chi connectivity index (χ3v) is 2.94. The molecule has 0 spiro atoms. The fourth-order valence-corrected chi connectivity index (χ4v) is 1.98. The van der Waals surface area contributed by atoms with Crippen molar-refractivity contribution >= 4 is 22.8 Å². The number of benzene rings is 2. The van der Waals surface area contributed by atoms with E-state index in [0.717, 1.165) is 24.1 Å². The first kappa shape index (κ1) is 11.6. The highest BCUT2D eigenvalue weighted by molar-refractivity contribution is 5.78. The first-order valence-electron chi connectivity index (χ1n) is 6.25. The van der Waals surface area contributed by atoms with Gasteiger partial charge in [0.25, 0.3) is 6.01 Å². The van der Waals surface area contributed by atoms with Crippen molar-refractivity contribution in [1.29, 1.82) is 0 Å². The molecule has 0 aliphatic carbocycles. The van der Waals surface area contributed by atoms with Crippen LogP contribution in [0.2, 0.25) is 0 Å². The van der Waals surface area contributed by atoms with Crippen LogP contribution in [0.3, 0.4) is 0 Å². The molecule has 1 aromatic heterocycles. The van der Waals surface area contributed by atoms with E-state index in [1.165, 1.54) is 5.56 Å². The second-order valence-electron chi connectivity index (χ2n) is 4.41. The van der Waals surface area contributed by atoms with Crippen LogP contribution >= 0.6 is 0 Å². The van der Waals surface area contributed by atoms with Gasteiger partial charge in [-0.25, -0.2) is 0 Å². The number of nitrogen functional groups attached to an aromatic ring is 1. The van der Waals surface area contributed by atoms with Crippen molar-refractivity contribution in [1.82, 2.24) is 4.98 Å². The molecule has 0 radical (unpaired) electrons. The summed E-state index contributed by atoms with van der Waals surface area (Å²) in [5.74, 6) is 0. The first-order valence-corrected chi connectivity index (χ1v) is 6.25. The molecule has 96 valence electrons. The van der Waals surface area contributed by atoms with Crippen LogP contribution in [0.15, 0.2) is 52.9 Å². The summed E-state index contributed by atoms with van der Waals surface area (Å²) < 4.78 is 5.58. The minimum Gasteiger partial charge on any atom is -0.424 e. The molecule has 4 heteroatoms. The molecule has 19 heavy (non-hydrogen) atoms. The summed E-state index contributed by atoms with van der Waals surface area (Å²) in [7, 11) is 0.